The van der Waals surface area contributed by atoms with E-state index < -0.39 is 5.41 Å². The lowest BCUT2D eigenvalue weighted by molar-refractivity contribution is 0.457. The molecule has 0 fully saturated rings. The minimum Gasteiger partial charge on any atom is -0.456 e. The van der Waals surface area contributed by atoms with Crippen molar-refractivity contribution in [3.63, 3.8) is 0 Å². The van der Waals surface area contributed by atoms with Gasteiger partial charge in [-0.05, 0) is 140 Å². The molecule has 4 N–H and O–H groups in total. The molecule has 8 heteroatoms. The molecule has 0 saturated carbocycles. The highest BCUT2D eigenvalue weighted by molar-refractivity contribution is 5.92. The number of fused-ring (bicyclic) bond motifs is 5. The van der Waals surface area contributed by atoms with E-state index in [1.807, 2.05) is 24.3 Å². The van der Waals surface area contributed by atoms with E-state index >= 15 is 0 Å². The third-order valence-electron chi connectivity index (χ3n) is 12.3. The van der Waals surface area contributed by atoms with Gasteiger partial charge in [0.05, 0.1) is 5.41 Å². The number of hydrogen-bond acceptors (Lipinski definition) is 8. The number of ether oxygens (including phenoxy) is 4. The first-order valence-corrected chi connectivity index (χ1v) is 21.6. The van der Waals surface area contributed by atoms with Gasteiger partial charge >= 0.3 is 0 Å². The van der Waals surface area contributed by atoms with Crippen molar-refractivity contribution in [1.82, 2.24) is 0 Å². The van der Waals surface area contributed by atoms with Crippen molar-refractivity contribution in [3.05, 3.63) is 240 Å². The summed E-state index contributed by atoms with van der Waals surface area (Å²) < 4.78 is 24.9. The third kappa shape index (κ3) is 7.22. The van der Waals surface area contributed by atoms with Crippen LogP contribution in [0, 0.1) is 22.7 Å². The average molecular weight is 867 g/mol. The largest absolute Gasteiger partial charge is 0.456 e. The number of nitriles is 2. The molecule has 0 heterocycles. The number of nitrogens with zero attached hydrogens (tertiary/aromatic N) is 2. The van der Waals surface area contributed by atoms with E-state index in [4.69, 9.17) is 30.4 Å². The monoisotopic (exact) mass is 866 g/mol. The van der Waals surface area contributed by atoms with Crippen LogP contribution in [0.1, 0.15) is 33.4 Å². The van der Waals surface area contributed by atoms with E-state index in [1.54, 1.807) is 84.9 Å². The predicted molar refractivity (Wildman–Crippen MR) is 263 cm³/mol. The molecule has 0 atom stereocenters. The summed E-state index contributed by atoms with van der Waals surface area (Å²) in [6.45, 7) is 0. The van der Waals surface area contributed by atoms with Gasteiger partial charge in [-0.15, -0.1) is 0 Å². The first kappa shape index (κ1) is 40.3. The van der Waals surface area contributed by atoms with E-state index in [2.05, 4.69) is 109 Å². The van der Waals surface area contributed by atoms with Gasteiger partial charge in [0, 0.05) is 23.5 Å². The number of nitrogens with two attached hydrogens (primary N) is 2. The molecule has 67 heavy (non-hydrogen) atoms. The summed E-state index contributed by atoms with van der Waals surface area (Å²) in [5.74, 6) is 3.74. The Morgan fingerprint density at radius 3 is 1.10 bits per heavy atom. The summed E-state index contributed by atoms with van der Waals surface area (Å²) in [7, 11) is 0. The molecule has 0 amide bonds. The fraction of sp³-hybridized carbons (Fsp3) is 0.0169. The summed E-state index contributed by atoms with van der Waals surface area (Å²) >= 11 is 0. The van der Waals surface area contributed by atoms with Crippen LogP contribution in [0.15, 0.2) is 206 Å². The van der Waals surface area contributed by atoms with Gasteiger partial charge in [-0.25, -0.2) is 0 Å². The third-order valence-corrected chi connectivity index (χ3v) is 12.3. The molecule has 0 aliphatic heterocycles. The average Bonchev–Trinajstić information content (AvgIpc) is 3.65. The molecule has 11 rings (SSSR count). The zero-order valence-corrected chi connectivity index (χ0v) is 35.8. The Kier molecular flexibility index (Phi) is 9.96. The number of nitrogen functional groups attached to an aromatic ring is 2. The van der Waals surface area contributed by atoms with Crippen molar-refractivity contribution in [3.8, 4) is 69.3 Å². The highest BCUT2D eigenvalue weighted by Crippen LogP contribution is 2.56. The van der Waals surface area contributed by atoms with Gasteiger partial charge in [0.2, 0.25) is 0 Å². The number of hydrogen-bond donors (Lipinski definition) is 2. The molecule has 8 nitrogen and oxygen atoms in total. The van der Waals surface area contributed by atoms with Crippen molar-refractivity contribution in [2.24, 2.45) is 0 Å². The quantitative estimate of drug-likeness (QED) is 0.130. The number of anilines is 2. The molecule has 0 spiro atoms. The number of benzene rings is 10. The highest BCUT2D eigenvalue weighted by Gasteiger charge is 2.46. The normalized spacial score (nSPS) is 12.1. The SMILES string of the molecule is N#Cc1c(Oc2cccc(N)c2)cccc1Oc1ccc2cc(C3(c4ccc5cc(Oc6cccc(Oc7cccc(N)c7)c6C#N)ccc5c4)c4ccccc4-c4ccccc43)ccc2c1. The molecule has 1 aliphatic rings. The smallest absolute Gasteiger partial charge is 0.149 e. The van der Waals surface area contributed by atoms with Crippen LogP contribution in [-0.4, -0.2) is 0 Å². The molecule has 0 aromatic heterocycles. The Bertz CT molecular complexity index is 3440. The lowest BCUT2D eigenvalue weighted by Crippen LogP contribution is -2.28. The Labute approximate surface area is 386 Å². The Hall–Kier alpha value is -9.50. The van der Waals surface area contributed by atoms with E-state index in [-0.39, 0.29) is 11.1 Å². The summed E-state index contributed by atoms with van der Waals surface area (Å²) in [4.78, 5) is 0. The molecular formula is C59H38N4O4. The van der Waals surface area contributed by atoms with Crippen LogP contribution in [0.25, 0.3) is 32.7 Å². The molecule has 0 bridgehead atoms. The zero-order chi connectivity index (χ0) is 45.5. The van der Waals surface area contributed by atoms with Crippen molar-refractivity contribution >= 4 is 32.9 Å². The van der Waals surface area contributed by atoms with Crippen LogP contribution >= 0.6 is 0 Å². The number of rotatable bonds is 10. The van der Waals surface area contributed by atoms with Gasteiger partial charge in [0.1, 0.15) is 69.3 Å². The summed E-state index contributed by atoms with van der Waals surface area (Å²) in [6, 6.07) is 71.8. The van der Waals surface area contributed by atoms with Gasteiger partial charge in [-0.3, -0.25) is 0 Å². The highest BCUT2D eigenvalue weighted by atomic mass is 16.5. The topological polar surface area (TPSA) is 137 Å². The maximum Gasteiger partial charge on any atom is 0.149 e. The lowest BCUT2D eigenvalue weighted by Gasteiger charge is -2.34. The molecule has 1 aliphatic carbocycles. The van der Waals surface area contributed by atoms with Crippen LogP contribution < -0.4 is 30.4 Å². The Balaban J connectivity index is 0.952. The summed E-state index contributed by atoms with van der Waals surface area (Å²) in [5, 5.41) is 24.5. The van der Waals surface area contributed by atoms with E-state index in [0.29, 0.717) is 57.4 Å². The fourth-order valence-corrected chi connectivity index (χ4v) is 9.31. The van der Waals surface area contributed by atoms with E-state index in [1.165, 1.54) is 22.3 Å². The second kappa shape index (κ2) is 16.6. The maximum atomic E-state index is 10.2. The first-order chi connectivity index (χ1) is 32.9. The van der Waals surface area contributed by atoms with E-state index in [9.17, 15) is 10.5 Å². The standard InChI is InChI=1S/C59H38N4O4/c60-35-51-55(64-45-11-5-9-43(62)33-45)17-7-19-57(51)66-47-27-23-37-29-41(25-21-39(37)31-47)59(53-15-3-1-13-49(53)50-14-2-4-16-54(50)59)42-26-22-40-32-48(28-24-38(40)30-42)67-58-20-8-18-56(52(58)36-61)65-46-12-6-10-44(63)34-46/h1-34H,62-63H2. The molecule has 0 radical (unpaired) electrons. The van der Waals surface area contributed by atoms with Gasteiger partial charge in [-0.2, -0.15) is 10.5 Å². The zero-order valence-electron chi connectivity index (χ0n) is 35.8. The van der Waals surface area contributed by atoms with Crippen LogP contribution in [0.5, 0.6) is 46.0 Å². The van der Waals surface area contributed by atoms with E-state index in [0.717, 1.165) is 32.7 Å². The lowest BCUT2D eigenvalue weighted by atomic mass is 9.67. The molecule has 318 valence electrons. The molecule has 10 aromatic rings. The van der Waals surface area contributed by atoms with Gasteiger partial charge in [0.25, 0.3) is 0 Å². The minimum absolute atomic E-state index is 0.277. The van der Waals surface area contributed by atoms with Crippen LogP contribution in [0.3, 0.4) is 0 Å². The predicted octanol–water partition coefficient (Wildman–Crippen LogP) is 14.4. The molecule has 0 unspecified atom stereocenters. The minimum atomic E-state index is -0.656. The van der Waals surface area contributed by atoms with Crippen molar-refractivity contribution in [2.75, 3.05) is 11.5 Å². The van der Waals surface area contributed by atoms with Crippen LogP contribution in [-0.2, 0) is 5.41 Å². The Morgan fingerprint density at radius 2 is 0.701 bits per heavy atom. The van der Waals surface area contributed by atoms with Crippen molar-refractivity contribution < 1.29 is 18.9 Å². The van der Waals surface area contributed by atoms with Gasteiger partial charge in [0.15, 0.2) is 0 Å². The van der Waals surface area contributed by atoms with Gasteiger partial charge in [-0.1, -0.05) is 109 Å². The molecule has 10 aromatic carbocycles. The second-order valence-electron chi connectivity index (χ2n) is 16.3. The maximum absolute atomic E-state index is 10.2. The van der Waals surface area contributed by atoms with Gasteiger partial charge < -0.3 is 30.4 Å². The fourth-order valence-electron chi connectivity index (χ4n) is 9.31. The molecular weight excluding hydrogens is 829 g/mol. The first-order valence-electron chi connectivity index (χ1n) is 21.6. The summed E-state index contributed by atoms with van der Waals surface area (Å²) in [5.41, 5.74) is 20.0. The van der Waals surface area contributed by atoms with Crippen molar-refractivity contribution in [2.45, 2.75) is 5.41 Å². The van der Waals surface area contributed by atoms with Crippen LogP contribution in [0.4, 0.5) is 11.4 Å². The Morgan fingerprint density at radius 1 is 0.343 bits per heavy atom. The van der Waals surface area contributed by atoms with Crippen LogP contribution in [0.2, 0.25) is 0 Å². The van der Waals surface area contributed by atoms with Crippen molar-refractivity contribution in [1.29, 1.82) is 10.5 Å². The second-order valence-corrected chi connectivity index (χ2v) is 16.3. The molecule has 0 saturated heterocycles. The summed E-state index contributed by atoms with van der Waals surface area (Å²) in [6.07, 6.45) is 0.